The number of rotatable bonds is 0. The first-order chi connectivity index (χ1) is 8.62. The summed E-state index contributed by atoms with van der Waals surface area (Å²) in [6, 6.07) is 0. The maximum Gasteiger partial charge on any atom is 0.334 e. The molecule has 5 atom stereocenters. The lowest BCUT2D eigenvalue weighted by Gasteiger charge is -2.28. The number of ether oxygens (including phenoxy) is 2. The number of epoxide rings is 1. The molecule has 2 saturated heterocycles. The summed E-state index contributed by atoms with van der Waals surface area (Å²) < 4.78 is 11.4. The van der Waals surface area contributed by atoms with Crippen LogP contribution in [0.2, 0.25) is 0 Å². The number of allylic oxidation sites excluding steroid dienone is 1. The monoisotopic (exact) mass is 246 g/mol. The van der Waals surface area contributed by atoms with E-state index in [9.17, 15) is 4.79 Å². The molecule has 4 rings (SSSR count). The number of carbonyl (C=O) groups is 1. The second-order valence-corrected chi connectivity index (χ2v) is 6.22. The molecule has 0 aromatic heterocycles. The van der Waals surface area contributed by atoms with Crippen molar-refractivity contribution in [3.05, 3.63) is 24.3 Å². The Morgan fingerprint density at radius 1 is 1.22 bits per heavy atom. The quantitative estimate of drug-likeness (QED) is 0.285. The SMILES string of the molecule is C=C1C(=O)O[C@@H]2[C@@H]3[C@@H](CC[C@]34CO4)C(=C)CC[C@@H]12. The molecule has 18 heavy (non-hydrogen) atoms. The molecular formula is C15H18O3. The molecule has 2 saturated carbocycles. The molecule has 3 heteroatoms. The highest BCUT2D eigenvalue weighted by molar-refractivity contribution is 5.90. The van der Waals surface area contributed by atoms with E-state index in [4.69, 9.17) is 9.47 Å². The van der Waals surface area contributed by atoms with Gasteiger partial charge in [0.1, 0.15) is 6.10 Å². The van der Waals surface area contributed by atoms with Gasteiger partial charge in [-0.25, -0.2) is 4.79 Å². The van der Waals surface area contributed by atoms with E-state index in [1.54, 1.807) is 0 Å². The van der Waals surface area contributed by atoms with Crippen molar-refractivity contribution in [1.29, 1.82) is 0 Å². The van der Waals surface area contributed by atoms with Crippen LogP contribution in [0, 0.1) is 17.8 Å². The van der Waals surface area contributed by atoms with Gasteiger partial charge < -0.3 is 9.47 Å². The molecule has 2 heterocycles. The lowest BCUT2D eigenvalue weighted by Crippen LogP contribution is -2.36. The van der Waals surface area contributed by atoms with Crippen LogP contribution in [0.1, 0.15) is 25.7 Å². The molecule has 0 aromatic rings. The molecule has 0 N–H and O–H groups in total. The van der Waals surface area contributed by atoms with E-state index in [-0.39, 0.29) is 23.6 Å². The molecule has 2 aliphatic carbocycles. The minimum absolute atomic E-state index is 0.00817. The van der Waals surface area contributed by atoms with Crippen LogP contribution in [0.25, 0.3) is 0 Å². The molecule has 0 amide bonds. The third-order valence-corrected chi connectivity index (χ3v) is 5.44. The molecule has 4 aliphatic rings. The first-order valence-electron chi connectivity index (χ1n) is 6.84. The van der Waals surface area contributed by atoms with E-state index >= 15 is 0 Å². The van der Waals surface area contributed by atoms with Crippen LogP contribution in [0.4, 0.5) is 0 Å². The van der Waals surface area contributed by atoms with Crippen molar-refractivity contribution in [2.24, 2.45) is 17.8 Å². The van der Waals surface area contributed by atoms with Gasteiger partial charge in [-0.1, -0.05) is 18.7 Å². The van der Waals surface area contributed by atoms with Gasteiger partial charge in [0.15, 0.2) is 0 Å². The number of hydrogen-bond acceptors (Lipinski definition) is 3. The molecule has 2 aliphatic heterocycles. The summed E-state index contributed by atoms with van der Waals surface area (Å²) >= 11 is 0. The highest BCUT2D eigenvalue weighted by atomic mass is 16.6. The van der Waals surface area contributed by atoms with Gasteiger partial charge in [0.25, 0.3) is 0 Å². The first-order valence-corrected chi connectivity index (χ1v) is 6.84. The van der Waals surface area contributed by atoms with E-state index in [2.05, 4.69) is 13.2 Å². The molecule has 0 radical (unpaired) electrons. The van der Waals surface area contributed by atoms with E-state index in [1.165, 1.54) is 5.57 Å². The molecule has 0 aromatic carbocycles. The Morgan fingerprint density at radius 3 is 2.72 bits per heavy atom. The van der Waals surface area contributed by atoms with E-state index in [1.807, 2.05) is 0 Å². The number of hydrogen-bond donors (Lipinski definition) is 0. The summed E-state index contributed by atoms with van der Waals surface area (Å²) in [4.78, 5) is 11.8. The zero-order chi connectivity index (χ0) is 12.5. The van der Waals surface area contributed by atoms with Crippen LogP contribution < -0.4 is 0 Å². The molecule has 0 unspecified atom stereocenters. The third kappa shape index (κ3) is 1.21. The number of fused-ring (bicyclic) bond motifs is 4. The Morgan fingerprint density at radius 2 is 2.00 bits per heavy atom. The Balaban J connectivity index is 1.77. The van der Waals surface area contributed by atoms with Crippen molar-refractivity contribution >= 4 is 5.97 Å². The van der Waals surface area contributed by atoms with E-state index in [0.717, 1.165) is 32.3 Å². The van der Waals surface area contributed by atoms with Crippen LogP contribution >= 0.6 is 0 Å². The average molecular weight is 246 g/mol. The molecular weight excluding hydrogens is 228 g/mol. The predicted octanol–water partition coefficient (Wildman–Crippen LogP) is 2.23. The summed E-state index contributed by atoms with van der Waals surface area (Å²) in [5.74, 6) is 0.782. The Hall–Kier alpha value is -1.09. The van der Waals surface area contributed by atoms with Crippen molar-refractivity contribution in [3.63, 3.8) is 0 Å². The van der Waals surface area contributed by atoms with Crippen molar-refractivity contribution in [3.8, 4) is 0 Å². The van der Waals surface area contributed by atoms with Crippen LogP contribution in [-0.2, 0) is 14.3 Å². The second-order valence-electron chi connectivity index (χ2n) is 6.22. The minimum atomic E-state index is -0.195. The van der Waals surface area contributed by atoms with Crippen molar-refractivity contribution in [1.82, 2.24) is 0 Å². The maximum absolute atomic E-state index is 11.8. The lowest BCUT2D eigenvalue weighted by atomic mass is 9.79. The molecule has 4 fully saturated rings. The maximum atomic E-state index is 11.8. The van der Waals surface area contributed by atoms with Crippen LogP contribution in [0.5, 0.6) is 0 Å². The molecule has 0 bridgehead atoms. The fraction of sp³-hybridized carbons (Fsp3) is 0.667. The van der Waals surface area contributed by atoms with Crippen molar-refractivity contribution in [2.75, 3.05) is 6.61 Å². The highest BCUT2D eigenvalue weighted by Gasteiger charge is 2.65. The first kappa shape index (κ1) is 10.8. The molecule has 3 nitrogen and oxygen atoms in total. The zero-order valence-corrected chi connectivity index (χ0v) is 10.5. The molecule has 96 valence electrons. The average Bonchev–Trinajstić information content (AvgIpc) is 2.95. The van der Waals surface area contributed by atoms with Gasteiger partial charge in [-0.3, -0.25) is 0 Å². The van der Waals surface area contributed by atoms with Gasteiger partial charge in [0.05, 0.1) is 12.2 Å². The fourth-order valence-electron chi connectivity index (χ4n) is 4.35. The normalized spacial score (nSPS) is 49.9. The summed E-state index contributed by atoms with van der Waals surface area (Å²) in [6.07, 6.45) is 4.16. The van der Waals surface area contributed by atoms with Gasteiger partial charge in [0, 0.05) is 17.4 Å². The molecule has 1 spiro atoms. The summed E-state index contributed by atoms with van der Waals surface area (Å²) in [5.41, 5.74) is 1.98. The minimum Gasteiger partial charge on any atom is -0.458 e. The Kier molecular flexibility index (Phi) is 1.96. The summed E-state index contributed by atoms with van der Waals surface area (Å²) in [5, 5.41) is 0. The number of esters is 1. The van der Waals surface area contributed by atoms with E-state index < -0.39 is 0 Å². The lowest BCUT2D eigenvalue weighted by molar-refractivity contribution is -0.142. The van der Waals surface area contributed by atoms with Gasteiger partial charge in [-0.2, -0.15) is 0 Å². The van der Waals surface area contributed by atoms with Gasteiger partial charge in [-0.15, -0.1) is 0 Å². The standard InChI is InChI=1S/C15H18O3/c1-8-3-4-11-9(2)14(16)18-13(11)12-10(8)5-6-15(12)7-17-15/h10-13H,1-7H2/t10-,11-,12-,13-,15-/m0/s1. The summed E-state index contributed by atoms with van der Waals surface area (Å²) in [6.45, 7) is 9.01. The Labute approximate surface area is 107 Å². The highest BCUT2D eigenvalue weighted by Crippen LogP contribution is 2.59. The van der Waals surface area contributed by atoms with Crippen LogP contribution in [-0.4, -0.2) is 24.3 Å². The second kappa shape index (κ2) is 3.27. The topological polar surface area (TPSA) is 38.8 Å². The third-order valence-electron chi connectivity index (χ3n) is 5.44. The zero-order valence-electron chi connectivity index (χ0n) is 10.5. The number of carbonyl (C=O) groups excluding carboxylic acids is 1. The van der Waals surface area contributed by atoms with Crippen molar-refractivity contribution in [2.45, 2.75) is 37.4 Å². The van der Waals surface area contributed by atoms with Gasteiger partial charge in [0.2, 0.25) is 0 Å². The van der Waals surface area contributed by atoms with E-state index in [0.29, 0.717) is 17.4 Å². The van der Waals surface area contributed by atoms with Crippen molar-refractivity contribution < 1.29 is 14.3 Å². The van der Waals surface area contributed by atoms with Gasteiger partial charge in [-0.05, 0) is 31.6 Å². The largest absolute Gasteiger partial charge is 0.458 e. The Bertz CT molecular complexity index is 460. The fourth-order valence-corrected chi connectivity index (χ4v) is 4.35. The van der Waals surface area contributed by atoms with Gasteiger partial charge >= 0.3 is 5.97 Å². The predicted molar refractivity (Wildman–Crippen MR) is 65.8 cm³/mol. The van der Waals surface area contributed by atoms with Crippen LogP contribution in [0.15, 0.2) is 24.3 Å². The summed E-state index contributed by atoms with van der Waals surface area (Å²) in [7, 11) is 0. The van der Waals surface area contributed by atoms with Crippen LogP contribution in [0.3, 0.4) is 0 Å². The smallest absolute Gasteiger partial charge is 0.334 e.